The first-order chi connectivity index (χ1) is 8.99. The van der Waals surface area contributed by atoms with E-state index in [1.165, 1.54) is 31.6 Å². The number of aliphatic hydroxyl groups excluding tert-OH is 1. The molecule has 1 fully saturated rings. The van der Waals surface area contributed by atoms with E-state index in [4.69, 9.17) is 0 Å². The number of benzene rings is 1. The van der Waals surface area contributed by atoms with Crippen molar-refractivity contribution >= 4 is 21.6 Å². The van der Waals surface area contributed by atoms with Crippen molar-refractivity contribution in [2.75, 3.05) is 32.1 Å². The highest BCUT2D eigenvalue weighted by atomic mass is 79.9. The minimum atomic E-state index is -0.433. The van der Waals surface area contributed by atoms with Crippen LogP contribution >= 0.6 is 15.9 Å². The Hall–Kier alpha value is -0.580. The highest BCUT2D eigenvalue weighted by molar-refractivity contribution is 9.10. The van der Waals surface area contributed by atoms with Gasteiger partial charge in [-0.3, -0.25) is 0 Å². The lowest BCUT2D eigenvalue weighted by molar-refractivity contribution is 0.198. The van der Waals surface area contributed by atoms with Crippen LogP contribution in [-0.4, -0.2) is 43.2 Å². The van der Waals surface area contributed by atoms with Crippen LogP contribution in [0, 0.1) is 0 Å². The Morgan fingerprint density at radius 3 is 2.53 bits per heavy atom. The third-order valence-corrected chi connectivity index (χ3v) is 4.76. The molecule has 0 amide bonds. The van der Waals surface area contributed by atoms with Crippen molar-refractivity contribution < 1.29 is 5.11 Å². The molecule has 1 aliphatic heterocycles. The van der Waals surface area contributed by atoms with Gasteiger partial charge in [-0.2, -0.15) is 0 Å². The summed E-state index contributed by atoms with van der Waals surface area (Å²) >= 11 is 3.55. The van der Waals surface area contributed by atoms with Crippen LogP contribution < -0.4 is 4.90 Å². The summed E-state index contributed by atoms with van der Waals surface area (Å²) in [6, 6.07) is 6.83. The number of hydrogen-bond acceptors (Lipinski definition) is 3. The summed E-state index contributed by atoms with van der Waals surface area (Å²) < 4.78 is 0.986. The van der Waals surface area contributed by atoms with E-state index in [1.54, 1.807) is 6.92 Å². The second-order valence-electron chi connectivity index (χ2n) is 5.53. The molecule has 1 N–H and O–H groups in total. The monoisotopic (exact) mass is 326 g/mol. The van der Waals surface area contributed by atoms with Crippen molar-refractivity contribution in [3.8, 4) is 0 Å². The minimum absolute atomic E-state index is 0.433. The molecule has 1 atom stereocenters. The Labute approximate surface area is 124 Å². The van der Waals surface area contributed by atoms with Crippen molar-refractivity contribution in [3.63, 3.8) is 0 Å². The lowest BCUT2D eigenvalue weighted by atomic mass is 10.0. The van der Waals surface area contributed by atoms with Crippen molar-refractivity contribution in [3.05, 3.63) is 28.2 Å². The highest BCUT2D eigenvalue weighted by Crippen LogP contribution is 2.29. The van der Waals surface area contributed by atoms with Gasteiger partial charge in [0.2, 0.25) is 0 Å². The average Bonchev–Trinajstić information content (AvgIpc) is 2.38. The summed E-state index contributed by atoms with van der Waals surface area (Å²) in [5.74, 6) is 0. The molecule has 1 aromatic carbocycles. The first kappa shape index (κ1) is 14.8. The molecule has 1 saturated heterocycles. The molecule has 106 valence electrons. The van der Waals surface area contributed by atoms with Crippen molar-refractivity contribution in [2.45, 2.75) is 31.9 Å². The largest absolute Gasteiger partial charge is 0.389 e. The van der Waals surface area contributed by atoms with Gasteiger partial charge < -0.3 is 14.9 Å². The second kappa shape index (κ2) is 6.25. The number of piperidine rings is 1. The maximum atomic E-state index is 9.66. The zero-order chi connectivity index (χ0) is 14.0. The maximum absolute atomic E-state index is 9.66. The summed E-state index contributed by atoms with van der Waals surface area (Å²) in [6.45, 7) is 4.13. The predicted molar refractivity (Wildman–Crippen MR) is 83.7 cm³/mol. The Balaban J connectivity index is 2.11. The fourth-order valence-corrected chi connectivity index (χ4v) is 3.37. The smallest absolute Gasteiger partial charge is 0.0772 e. The molecular formula is C15H23BrN2O. The van der Waals surface area contributed by atoms with Crippen LogP contribution in [0.3, 0.4) is 0 Å². The third-order valence-electron chi connectivity index (χ3n) is 4.08. The van der Waals surface area contributed by atoms with Gasteiger partial charge in [0.25, 0.3) is 0 Å². The molecule has 4 heteroatoms. The molecule has 19 heavy (non-hydrogen) atoms. The van der Waals surface area contributed by atoms with E-state index < -0.39 is 6.10 Å². The van der Waals surface area contributed by atoms with Gasteiger partial charge >= 0.3 is 0 Å². The van der Waals surface area contributed by atoms with E-state index in [-0.39, 0.29) is 0 Å². The number of aliphatic hydroxyl groups is 1. The number of anilines is 1. The summed E-state index contributed by atoms with van der Waals surface area (Å²) in [5.41, 5.74) is 2.16. The topological polar surface area (TPSA) is 26.7 Å². The van der Waals surface area contributed by atoms with Crippen LogP contribution in [0.25, 0.3) is 0 Å². The fraction of sp³-hybridized carbons (Fsp3) is 0.600. The molecule has 0 spiro atoms. The summed E-state index contributed by atoms with van der Waals surface area (Å²) in [7, 11) is 4.35. The van der Waals surface area contributed by atoms with Crippen LogP contribution in [-0.2, 0) is 0 Å². The number of nitrogens with zero attached hydrogens (tertiary/aromatic N) is 2. The van der Waals surface area contributed by atoms with Gasteiger partial charge in [-0.1, -0.05) is 22.0 Å². The molecule has 0 aliphatic carbocycles. The van der Waals surface area contributed by atoms with Gasteiger partial charge in [-0.15, -0.1) is 0 Å². The molecule has 1 aromatic rings. The molecule has 0 radical (unpaired) electrons. The van der Waals surface area contributed by atoms with Crippen LogP contribution in [0.5, 0.6) is 0 Å². The molecule has 1 heterocycles. The first-order valence-corrected chi connectivity index (χ1v) is 7.67. The predicted octanol–water partition coefficient (Wildman–Crippen LogP) is 3.03. The Morgan fingerprint density at radius 1 is 1.37 bits per heavy atom. The molecule has 0 unspecified atom stereocenters. The summed E-state index contributed by atoms with van der Waals surface area (Å²) in [6.07, 6.45) is 1.99. The SMILES string of the molecule is C[C@@H](O)c1ccc(N(C)C2CCN(C)CC2)cc1Br. The van der Waals surface area contributed by atoms with Gasteiger partial charge in [-0.25, -0.2) is 0 Å². The van der Waals surface area contributed by atoms with Crippen LogP contribution in [0.2, 0.25) is 0 Å². The van der Waals surface area contributed by atoms with Gasteiger partial charge in [0.1, 0.15) is 0 Å². The minimum Gasteiger partial charge on any atom is -0.389 e. The molecule has 0 saturated carbocycles. The van der Waals surface area contributed by atoms with Crippen molar-refractivity contribution in [2.24, 2.45) is 0 Å². The van der Waals surface area contributed by atoms with E-state index >= 15 is 0 Å². The highest BCUT2D eigenvalue weighted by Gasteiger charge is 2.21. The van der Waals surface area contributed by atoms with Crippen molar-refractivity contribution in [1.82, 2.24) is 4.90 Å². The number of rotatable bonds is 3. The number of likely N-dealkylation sites (tertiary alicyclic amines) is 1. The standard InChI is InChI=1S/C15H23BrN2O/c1-11(19)14-5-4-13(10-15(14)16)18(3)12-6-8-17(2)9-7-12/h4-5,10-12,19H,6-9H2,1-3H3/t11-/m1/s1. The van der Waals surface area contributed by atoms with Gasteiger partial charge in [-0.05, 0) is 57.6 Å². The van der Waals surface area contributed by atoms with Crippen LogP contribution in [0.15, 0.2) is 22.7 Å². The molecule has 0 aromatic heterocycles. The Kier molecular flexibility index (Phi) is 4.87. The zero-order valence-electron chi connectivity index (χ0n) is 11.9. The molecular weight excluding hydrogens is 304 g/mol. The first-order valence-electron chi connectivity index (χ1n) is 6.88. The molecule has 0 bridgehead atoms. The van der Waals surface area contributed by atoms with Crippen LogP contribution in [0.1, 0.15) is 31.4 Å². The molecule has 1 aliphatic rings. The Morgan fingerprint density at radius 2 is 2.00 bits per heavy atom. The molecule has 2 rings (SSSR count). The van der Waals surface area contributed by atoms with E-state index in [1.807, 2.05) is 6.07 Å². The Bertz CT molecular complexity index is 428. The van der Waals surface area contributed by atoms with Gasteiger partial charge in [0.15, 0.2) is 0 Å². The second-order valence-corrected chi connectivity index (χ2v) is 6.38. The van der Waals surface area contributed by atoms with E-state index in [9.17, 15) is 5.11 Å². The van der Waals surface area contributed by atoms with E-state index in [0.29, 0.717) is 6.04 Å². The lowest BCUT2D eigenvalue weighted by Gasteiger charge is -2.36. The van der Waals surface area contributed by atoms with Gasteiger partial charge in [0, 0.05) is 23.2 Å². The zero-order valence-corrected chi connectivity index (χ0v) is 13.5. The quantitative estimate of drug-likeness (QED) is 0.924. The number of halogens is 1. The third kappa shape index (κ3) is 3.50. The summed E-state index contributed by atoms with van der Waals surface area (Å²) in [4.78, 5) is 4.75. The normalized spacial score (nSPS) is 19.4. The fourth-order valence-electron chi connectivity index (χ4n) is 2.67. The summed E-state index contributed by atoms with van der Waals surface area (Å²) in [5, 5.41) is 9.66. The van der Waals surface area contributed by atoms with E-state index in [2.05, 4.69) is 52.0 Å². The molecule has 3 nitrogen and oxygen atoms in total. The lowest BCUT2D eigenvalue weighted by Crippen LogP contribution is -2.42. The van der Waals surface area contributed by atoms with E-state index in [0.717, 1.165) is 10.0 Å². The number of hydrogen-bond donors (Lipinski definition) is 1. The van der Waals surface area contributed by atoms with Crippen molar-refractivity contribution in [1.29, 1.82) is 0 Å². The maximum Gasteiger partial charge on any atom is 0.0772 e. The van der Waals surface area contributed by atoms with Crippen LogP contribution in [0.4, 0.5) is 5.69 Å². The average molecular weight is 327 g/mol. The van der Waals surface area contributed by atoms with Gasteiger partial charge in [0.05, 0.1) is 6.10 Å².